The van der Waals surface area contributed by atoms with Crippen molar-refractivity contribution in [2.24, 2.45) is 4.99 Å². The van der Waals surface area contributed by atoms with Gasteiger partial charge in [-0.15, -0.1) is 35.3 Å². The fourth-order valence-electron chi connectivity index (χ4n) is 2.42. The fourth-order valence-corrected chi connectivity index (χ4v) is 3.15. The molecule has 3 aromatic rings. The number of benzene rings is 1. The first-order valence-corrected chi connectivity index (χ1v) is 9.33. The second-order valence-corrected chi connectivity index (χ2v) is 7.30. The molecule has 1 aromatic carbocycles. The Labute approximate surface area is 180 Å². The minimum atomic E-state index is 0. The molecule has 0 spiro atoms. The number of thiazole rings is 1. The van der Waals surface area contributed by atoms with E-state index in [0.717, 1.165) is 35.2 Å². The van der Waals surface area contributed by atoms with Gasteiger partial charge in [-0.2, -0.15) is 0 Å². The second-order valence-electron chi connectivity index (χ2n) is 5.98. The highest BCUT2D eigenvalue weighted by Gasteiger charge is 2.07. The molecule has 0 unspecified atom stereocenters. The van der Waals surface area contributed by atoms with Crippen molar-refractivity contribution in [2.75, 3.05) is 13.6 Å². The number of hydrogen-bond acceptors (Lipinski definition) is 5. The molecule has 0 aliphatic carbocycles. The largest absolute Gasteiger partial charge is 0.444 e. The quantitative estimate of drug-likeness (QED) is 0.307. The van der Waals surface area contributed by atoms with Gasteiger partial charge in [0.1, 0.15) is 11.3 Å². The molecule has 6 nitrogen and oxygen atoms in total. The number of aliphatic imine (C=N–C) groups is 1. The maximum Gasteiger partial charge on any atom is 0.226 e. The highest BCUT2D eigenvalue weighted by Crippen LogP contribution is 2.19. The number of nitrogens with one attached hydrogen (secondary N) is 2. The molecular weight excluding hydrogens is 473 g/mol. The van der Waals surface area contributed by atoms with Crippen molar-refractivity contribution in [3.05, 3.63) is 57.9 Å². The lowest BCUT2D eigenvalue weighted by Gasteiger charge is -2.09. The Morgan fingerprint density at radius 3 is 2.63 bits per heavy atom. The molecule has 0 saturated carbocycles. The SMILES string of the molecule is CN=C(NCCc1coc(-c2ccc(C)cc2)n1)NCc1ncc(C)s1.I. The van der Waals surface area contributed by atoms with Gasteiger partial charge in [0.25, 0.3) is 0 Å². The molecule has 0 bridgehead atoms. The minimum absolute atomic E-state index is 0. The summed E-state index contributed by atoms with van der Waals surface area (Å²) in [5.41, 5.74) is 3.13. The van der Waals surface area contributed by atoms with E-state index in [-0.39, 0.29) is 24.0 Å². The lowest BCUT2D eigenvalue weighted by Crippen LogP contribution is -2.37. The Bertz CT molecular complexity index is 872. The van der Waals surface area contributed by atoms with Gasteiger partial charge >= 0.3 is 0 Å². The molecule has 144 valence electrons. The van der Waals surface area contributed by atoms with Gasteiger partial charge in [0.15, 0.2) is 5.96 Å². The van der Waals surface area contributed by atoms with Crippen LogP contribution in [-0.2, 0) is 13.0 Å². The van der Waals surface area contributed by atoms with Crippen molar-refractivity contribution in [1.29, 1.82) is 0 Å². The zero-order valence-electron chi connectivity index (χ0n) is 15.7. The average molecular weight is 497 g/mol. The molecule has 0 aliphatic rings. The minimum Gasteiger partial charge on any atom is -0.444 e. The normalized spacial score (nSPS) is 11.1. The molecule has 0 atom stereocenters. The third-order valence-electron chi connectivity index (χ3n) is 3.82. The van der Waals surface area contributed by atoms with Gasteiger partial charge in [-0.25, -0.2) is 9.97 Å². The molecule has 2 N–H and O–H groups in total. The topological polar surface area (TPSA) is 75.3 Å². The molecule has 8 heteroatoms. The zero-order chi connectivity index (χ0) is 18.4. The van der Waals surface area contributed by atoms with Crippen LogP contribution < -0.4 is 10.6 Å². The number of nitrogens with zero attached hydrogens (tertiary/aromatic N) is 3. The number of guanidine groups is 1. The molecule has 0 aliphatic heterocycles. The van der Waals surface area contributed by atoms with Crippen LogP contribution in [0.2, 0.25) is 0 Å². The molecule has 2 aromatic heterocycles. The van der Waals surface area contributed by atoms with Crippen LogP contribution in [0.5, 0.6) is 0 Å². The van der Waals surface area contributed by atoms with Crippen molar-refractivity contribution < 1.29 is 4.42 Å². The Kier molecular flexibility index (Phi) is 8.23. The summed E-state index contributed by atoms with van der Waals surface area (Å²) < 4.78 is 5.59. The predicted octanol–water partition coefficient (Wildman–Crippen LogP) is 3.94. The third kappa shape index (κ3) is 6.31. The Morgan fingerprint density at radius 2 is 1.96 bits per heavy atom. The van der Waals surface area contributed by atoms with Crippen LogP contribution in [0.4, 0.5) is 0 Å². The van der Waals surface area contributed by atoms with Crippen LogP contribution in [0.1, 0.15) is 21.1 Å². The maximum absolute atomic E-state index is 5.59. The zero-order valence-corrected chi connectivity index (χ0v) is 18.8. The predicted molar refractivity (Wildman–Crippen MR) is 121 cm³/mol. The van der Waals surface area contributed by atoms with Gasteiger partial charge < -0.3 is 15.1 Å². The molecular formula is C19H24IN5OS. The van der Waals surface area contributed by atoms with Crippen LogP contribution in [0.3, 0.4) is 0 Å². The number of oxazole rings is 1. The number of halogens is 1. The van der Waals surface area contributed by atoms with E-state index in [1.54, 1.807) is 24.6 Å². The van der Waals surface area contributed by atoms with Crippen molar-refractivity contribution in [2.45, 2.75) is 26.8 Å². The van der Waals surface area contributed by atoms with Gasteiger partial charge in [-0.1, -0.05) is 17.7 Å². The van der Waals surface area contributed by atoms with Gasteiger partial charge in [-0.05, 0) is 26.0 Å². The van der Waals surface area contributed by atoms with E-state index in [0.29, 0.717) is 12.4 Å². The number of aryl methyl sites for hydroxylation is 2. The summed E-state index contributed by atoms with van der Waals surface area (Å²) >= 11 is 1.68. The van der Waals surface area contributed by atoms with Crippen molar-refractivity contribution >= 4 is 41.3 Å². The van der Waals surface area contributed by atoms with Crippen LogP contribution in [-0.4, -0.2) is 29.5 Å². The highest BCUT2D eigenvalue weighted by molar-refractivity contribution is 14.0. The summed E-state index contributed by atoms with van der Waals surface area (Å²) in [7, 11) is 1.76. The van der Waals surface area contributed by atoms with Crippen LogP contribution in [0.15, 0.2) is 46.1 Å². The van der Waals surface area contributed by atoms with Crippen LogP contribution in [0.25, 0.3) is 11.5 Å². The highest BCUT2D eigenvalue weighted by atomic mass is 127. The molecule has 2 heterocycles. The molecule has 0 radical (unpaired) electrons. The number of rotatable bonds is 6. The van der Waals surface area contributed by atoms with E-state index >= 15 is 0 Å². The van der Waals surface area contributed by atoms with E-state index < -0.39 is 0 Å². The van der Waals surface area contributed by atoms with Gasteiger partial charge in [0.2, 0.25) is 5.89 Å². The average Bonchev–Trinajstić information content (AvgIpc) is 3.28. The van der Waals surface area contributed by atoms with E-state index in [1.165, 1.54) is 10.4 Å². The van der Waals surface area contributed by atoms with E-state index in [2.05, 4.69) is 51.6 Å². The standard InChI is InChI=1S/C19H23N5OS.HI/c1-13-4-6-15(7-5-13)18-24-16(12-25-18)8-9-21-19(20-3)23-11-17-22-10-14(2)26-17;/h4-7,10,12H,8-9,11H2,1-3H3,(H2,20,21,23);1H. The molecule has 27 heavy (non-hydrogen) atoms. The smallest absolute Gasteiger partial charge is 0.226 e. The summed E-state index contributed by atoms with van der Waals surface area (Å²) in [6.07, 6.45) is 4.35. The lowest BCUT2D eigenvalue weighted by atomic mass is 10.1. The monoisotopic (exact) mass is 497 g/mol. The summed E-state index contributed by atoms with van der Waals surface area (Å²) in [6, 6.07) is 8.16. The van der Waals surface area contributed by atoms with Gasteiger partial charge in [0.05, 0.1) is 12.2 Å². The maximum atomic E-state index is 5.59. The Hall–Kier alpha value is -1.94. The van der Waals surface area contributed by atoms with E-state index in [1.807, 2.05) is 18.3 Å². The Morgan fingerprint density at radius 1 is 1.19 bits per heavy atom. The van der Waals surface area contributed by atoms with E-state index in [4.69, 9.17) is 4.42 Å². The summed E-state index contributed by atoms with van der Waals surface area (Å²) in [5.74, 6) is 1.40. The fraction of sp³-hybridized carbons (Fsp3) is 0.316. The van der Waals surface area contributed by atoms with Gasteiger partial charge in [0, 0.05) is 36.7 Å². The first kappa shape index (κ1) is 21.4. The lowest BCUT2D eigenvalue weighted by molar-refractivity contribution is 0.572. The third-order valence-corrected chi connectivity index (χ3v) is 4.74. The van der Waals surface area contributed by atoms with E-state index in [9.17, 15) is 0 Å². The van der Waals surface area contributed by atoms with Crippen LogP contribution >= 0.6 is 35.3 Å². The first-order valence-electron chi connectivity index (χ1n) is 8.51. The second kappa shape index (κ2) is 10.4. The summed E-state index contributed by atoms with van der Waals surface area (Å²) in [4.78, 5) is 14.3. The molecule has 3 rings (SSSR count). The molecule has 0 fully saturated rings. The number of aromatic nitrogens is 2. The summed E-state index contributed by atoms with van der Waals surface area (Å²) in [6.45, 7) is 5.50. The molecule has 0 amide bonds. The van der Waals surface area contributed by atoms with Gasteiger partial charge in [-0.3, -0.25) is 4.99 Å². The molecule has 0 saturated heterocycles. The van der Waals surface area contributed by atoms with Crippen molar-refractivity contribution in [1.82, 2.24) is 20.6 Å². The van der Waals surface area contributed by atoms with Crippen LogP contribution in [0, 0.1) is 13.8 Å². The summed E-state index contributed by atoms with van der Waals surface area (Å²) in [5, 5.41) is 7.60. The Balaban J connectivity index is 0.00000261. The van der Waals surface area contributed by atoms with Crippen molar-refractivity contribution in [3.63, 3.8) is 0 Å². The first-order chi connectivity index (χ1) is 12.6. The number of hydrogen-bond donors (Lipinski definition) is 2. The van der Waals surface area contributed by atoms with Crippen molar-refractivity contribution in [3.8, 4) is 11.5 Å².